The molecule has 0 amide bonds. The fourth-order valence-corrected chi connectivity index (χ4v) is 1.68. The zero-order valence-electron chi connectivity index (χ0n) is 8.74. The number of hydrogen-bond donors (Lipinski definition) is 1. The molecule has 0 spiro atoms. The van der Waals surface area contributed by atoms with Crippen molar-refractivity contribution >= 4 is 5.97 Å². The van der Waals surface area contributed by atoms with Crippen LogP contribution in [0.5, 0.6) is 0 Å². The van der Waals surface area contributed by atoms with Crippen molar-refractivity contribution in [1.82, 2.24) is 4.90 Å². The van der Waals surface area contributed by atoms with E-state index in [9.17, 15) is 4.79 Å². The summed E-state index contributed by atoms with van der Waals surface area (Å²) in [5, 5.41) is 8.47. The van der Waals surface area contributed by atoms with E-state index >= 15 is 0 Å². The summed E-state index contributed by atoms with van der Waals surface area (Å²) in [6, 6.07) is 0.480. The molecule has 0 radical (unpaired) electrons. The van der Waals surface area contributed by atoms with Gasteiger partial charge in [-0.3, -0.25) is 9.69 Å². The highest BCUT2D eigenvalue weighted by Gasteiger charge is 2.17. The van der Waals surface area contributed by atoms with Crippen molar-refractivity contribution in [1.29, 1.82) is 0 Å². The molecule has 1 N–H and O–H groups in total. The molecule has 0 aliphatic carbocycles. The standard InChI is InChI=1S/C10H19NO3/c1-9-8-14-7-6-11(9)5-3-2-4-10(12)13/h9H,2-8H2,1H3,(H,12,13). The second kappa shape index (κ2) is 5.98. The van der Waals surface area contributed by atoms with Gasteiger partial charge in [0, 0.05) is 19.0 Å². The summed E-state index contributed by atoms with van der Waals surface area (Å²) in [5.74, 6) is -0.694. The lowest BCUT2D eigenvalue weighted by Crippen LogP contribution is -2.43. The van der Waals surface area contributed by atoms with Crippen LogP contribution in [-0.4, -0.2) is 48.3 Å². The molecular formula is C10H19NO3. The lowest BCUT2D eigenvalue weighted by molar-refractivity contribution is -0.137. The second-order valence-electron chi connectivity index (χ2n) is 3.81. The van der Waals surface area contributed by atoms with E-state index in [1.54, 1.807) is 0 Å². The number of aliphatic carboxylic acids is 1. The molecule has 1 atom stereocenters. The maximum absolute atomic E-state index is 10.3. The second-order valence-corrected chi connectivity index (χ2v) is 3.81. The topological polar surface area (TPSA) is 49.8 Å². The van der Waals surface area contributed by atoms with Crippen molar-refractivity contribution in [3.8, 4) is 0 Å². The van der Waals surface area contributed by atoms with Crippen molar-refractivity contribution in [2.45, 2.75) is 32.2 Å². The molecule has 14 heavy (non-hydrogen) atoms. The van der Waals surface area contributed by atoms with Gasteiger partial charge in [0.25, 0.3) is 0 Å². The smallest absolute Gasteiger partial charge is 0.303 e. The van der Waals surface area contributed by atoms with Crippen LogP contribution in [0.15, 0.2) is 0 Å². The minimum absolute atomic E-state index is 0.290. The molecule has 1 aliphatic rings. The lowest BCUT2D eigenvalue weighted by Gasteiger charge is -2.33. The summed E-state index contributed by atoms with van der Waals surface area (Å²) in [5.41, 5.74) is 0. The number of ether oxygens (including phenoxy) is 1. The Hall–Kier alpha value is -0.610. The van der Waals surface area contributed by atoms with Gasteiger partial charge in [-0.25, -0.2) is 0 Å². The van der Waals surface area contributed by atoms with Crippen LogP contribution in [0.3, 0.4) is 0 Å². The number of nitrogens with zero attached hydrogens (tertiary/aromatic N) is 1. The lowest BCUT2D eigenvalue weighted by atomic mass is 10.2. The fraction of sp³-hybridized carbons (Fsp3) is 0.900. The largest absolute Gasteiger partial charge is 0.481 e. The number of morpholine rings is 1. The Labute approximate surface area is 84.8 Å². The Morgan fingerprint density at radius 3 is 3.00 bits per heavy atom. The van der Waals surface area contributed by atoms with E-state index in [2.05, 4.69) is 11.8 Å². The molecule has 4 nitrogen and oxygen atoms in total. The normalized spacial score (nSPS) is 23.6. The Morgan fingerprint density at radius 1 is 1.57 bits per heavy atom. The molecule has 1 saturated heterocycles. The maximum atomic E-state index is 10.3. The van der Waals surface area contributed by atoms with E-state index in [1.807, 2.05) is 0 Å². The van der Waals surface area contributed by atoms with Crippen molar-refractivity contribution in [3.63, 3.8) is 0 Å². The van der Waals surface area contributed by atoms with Gasteiger partial charge in [-0.15, -0.1) is 0 Å². The van der Waals surface area contributed by atoms with Gasteiger partial charge in [0.1, 0.15) is 0 Å². The molecule has 4 heteroatoms. The van der Waals surface area contributed by atoms with E-state index in [0.29, 0.717) is 12.5 Å². The predicted octanol–water partition coefficient (Wildman–Crippen LogP) is 0.962. The number of carboxylic acid groups (broad SMARTS) is 1. The van der Waals surface area contributed by atoms with Crippen molar-refractivity contribution in [2.24, 2.45) is 0 Å². The van der Waals surface area contributed by atoms with Crippen LogP contribution in [0.25, 0.3) is 0 Å². The molecule has 1 rings (SSSR count). The average Bonchev–Trinajstić information content (AvgIpc) is 2.15. The fourth-order valence-electron chi connectivity index (χ4n) is 1.68. The van der Waals surface area contributed by atoms with Gasteiger partial charge in [0.05, 0.1) is 13.2 Å². The Balaban J connectivity index is 2.07. The summed E-state index contributed by atoms with van der Waals surface area (Å²) in [6.45, 7) is 5.74. The molecule has 1 fully saturated rings. The molecule has 0 aromatic heterocycles. The van der Waals surface area contributed by atoms with E-state index < -0.39 is 5.97 Å². The minimum Gasteiger partial charge on any atom is -0.481 e. The molecular weight excluding hydrogens is 182 g/mol. The van der Waals surface area contributed by atoms with Crippen LogP contribution in [0.4, 0.5) is 0 Å². The average molecular weight is 201 g/mol. The van der Waals surface area contributed by atoms with E-state index in [1.165, 1.54) is 0 Å². The number of carbonyl (C=O) groups is 1. The first-order chi connectivity index (χ1) is 6.70. The van der Waals surface area contributed by atoms with Crippen LogP contribution < -0.4 is 0 Å². The number of carboxylic acids is 1. The Bertz CT molecular complexity index is 184. The molecule has 1 unspecified atom stereocenters. The highest BCUT2D eigenvalue weighted by molar-refractivity contribution is 5.66. The summed E-state index contributed by atoms with van der Waals surface area (Å²) < 4.78 is 5.32. The number of rotatable bonds is 5. The first-order valence-corrected chi connectivity index (χ1v) is 5.23. The minimum atomic E-state index is -0.694. The van der Waals surface area contributed by atoms with Crippen LogP contribution >= 0.6 is 0 Å². The highest BCUT2D eigenvalue weighted by Crippen LogP contribution is 2.08. The first kappa shape index (κ1) is 11.5. The Morgan fingerprint density at radius 2 is 2.36 bits per heavy atom. The molecule has 1 heterocycles. The molecule has 0 bridgehead atoms. The molecule has 0 aromatic carbocycles. The van der Waals surface area contributed by atoms with E-state index in [4.69, 9.17) is 9.84 Å². The van der Waals surface area contributed by atoms with Crippen LogP contribution in [0.1, 0.15) is 26.2 Å². The molecule has 82 valence electrons. The van der Waals surface area contributed by atoms with Crippen LogP contribution in [0.2, 0.25) is 0 Å². The van der Waals surface area contributed by atoms with Gasteiger partial charge < -0.3 is 9.84 Å². The molecule has 0 saturated carbocycles. The third kappa shape index (κ3) is 4.07. The first-order valence-electron chi connectivity index (χ1n) is 5.23. The molecule has 0 aromatic rings. The third-order valence-corrected chi connectivity index (χ3v) is 2.59. The quantitative estimate of drug-likeness (QED) is 0.673. The third-order valence-electron chi connectivity index (χ3n) is 2.59. The van der Waals surface area contributed by atoms with Crippen LogP contribution in [0, 0.1) is 0 Å². The maximum Gasteiger partial charge on any atom is 0.303 e. The highest BCUT2D eigenvalue weighted by atomic mass is 16.5. The summed E-state index contributed by atoms with van der Waals surface area (Å²) in [4.78, 5) is 12.6. The predicted molar refractivity (Wildman–Crippen MR) is 53.3 cm³/mol. The van der Waals surface area contributed by atoms with Crippen molar-refractivity contribution in [2.75, 3.05) is 26.3 Å². The van der Waals surface area contributed by atoms with Gasteiger partial charge in [-0.05, 0) is 26.3 Å². The number of unbranched alkanes of at least 4 members (excludes halogenated alkanes) is 1. The monoisotopic (exact) mass is 201 g/mol. The van der Waals surface area contributed by atoms with Gasteiger partial charge in [0.2, 0.25) is 0 Å². The number of hydrogen-bond acceptors (Lipinski definition) is 3. The SMILES string of the molecule is CC1COCCN1CCCCC(=O)O. The van der Waals surface area contributed by atoms with Gasteiger partial charge in [-0.1, -0.05) is 0 Å². The van der Waals surface area contributed by atoms with Crippen molar-refractivity contribution in [3.05, 3.63) is 0 Å². The Kier molecular flexibility index (Phi) is 4.90. The van der Waals surface area contributed by atoms with Crippen molar-refractivity contribution < 1.29 is 14.6 Å². The van der Waals surface area contributed by atoms with Crippen LogP contribution in [-0.2, 0) is 9.53 Å². The summed E-state index contributed by atoms with van der Waals surface area (Å²) >= 11 is 0. The van der Waals surface area contributed by atoms with Gasteiger partial charge >= 0.3 is 5.97 Å². The van der Waals surface area contributed by atoms with E-state index in [0.717, 1.165) is 39.1 Å². The zero-order valence-corrected chi connectivity index (χ0v) is 8.74. The molecule has 1 aliphatic heterocycles. The summed E-state index contributed by atoms with van der Waals surface area (Å²) in [7, 11) is 0. The summed E-state index contributed by atoms with van der Waals surface area (Å²) in [6.07, 6.45) is 2.04. The van der Waals surface area contributed by atoms with E-state index in [-0.39, 0.29) is 0 Å². The van der Waals surface area contributed by atoms with Gasteiger partial charge in [-0.2, -0.15) is 0 Å². The zero-order chi connectivity index (χ0) is 10.4. The van der Waals surface area contributed by atoms with Gasteiger partial charge in [0.15, 0.2) is 0 Å².